The van der Waals surface area contributed by atoms with Crippen LogP contribution in [-0.2, 0) is 29.0 Å². The first-order valence-corrected chi connectivity index (χ1v) is 13.1. The van der Waals surface area contributed by atoms with Crippen LogP contribution in [0.15, 0.2) is 97.1 Å². The van der Waals surface area contributed by atoms with E-state index in [1.165, 1.54) is 10.8 Å². The molecule has 0 fully saturated rings. The van der Waals surface area contributed by atoms with Crippen molar-refractivity contribution < 1.29 is 9.59 Å². The summed E-state index contributed by atoms with van der Waals surface area (Å²) in [5.74, 6) is -0.137. The molecule has 4 rings (SSSR count). The highest BCUT2D eigenvalue weighted by Gasteiger charge is 2.30. The average Bonchev–Trinajstić information content (AvgIpc) is 2.90. The van der Waals surface area contributed by atoms with Gasteiger partial charge in [-0.15, -0.1) is 0 Å². The van der Waals surface area contributed by atoms with Gasteiger partial charge in [-0.1, -0.05) is 97.1 Å². The SMILES string of the molecule is Cc1ccccc1CN(C(=O)CCc1cccc2ccccc12)[C@@H](Cc1ccccc1)C(=O)NC(C)C. The van der Waals surface area contributed by atoms with Crippen LogP contribution in [0, 0.1) is 6.92 Å². The predicted octanol–water partition coefficient (Wildman–Crippen LogP) is 6.25. The van der Waals surface area contributed by atoms with Gasteiger partial charge in [0.15, 0.2) is 0 Å². The maximum absolute atomic E-state index is 13.9. The number of nitrogens with zero attached hydrogens (tertiary/aromatic N) is 1. The molecule has 0 spiro atoms. The Kier molecular flexibility index (Phi) is 8.73. The quantitative estimate of drug-likeness (QED) is 0.285. The molecule has 2 amide bonds. The van der Waals surface area contributed by atoms with E-state index in [0.717, 1.165) is 22.3 Å². The van der Waals surface area contributed by atoms with Crippen LogP contribution in [0.1, 0.15) is 42.5 Å². The van der Waals surface area contributed by atoms with Crippen LogP contribution in [0.4, 0.5) is 0 Å². The summed E-state index contributed by atoms with van der Waals surface area (Å²) < 4.78 is 0. The number of amides is 2. The van der Waals surface area contributed by atoms with Crippen LogP contribution >= 0.6 is 0 Å². The summed E-state index contributed by atoms with van der Waals surface area (Å²) in [6, 6.07) is 31.9. The number of carbonyl (C=O) groups excluding carboxylic acids is 2. The first-order valence-electron chi connectivity index (χ1n) is 13.1. The Bertz CT molecular complexity index is 1340. The number of rotatable bonds is 10. The fourth-order valence-corrected chi connectivity index (χ4v) is 4.80. The van der Waals surface area contributed by atoms with E-state index in [0.29, 0.717) is 25.8 Å². The molecule has 0 radical (unpaired) electrons. The van der Waals surface area contributed by atoms with Crippen molar-refractivity contribution in [2.45, 2.75) is 58.7 Å². The van der Waals surface area contributed by atoms with Crippen molar-refractivity contribution in [1.29, 1.82) is 0 Å². The standard InChI is InChI=1S/C33H36N2O2/c1-24(2)34-33(37)31(22-26-13-5-4-6-14-26)35(23-29-16-8-7-12-25(29)3)32(36)21-20-28-18-11-17-27-15-9-10-19-30(27)28/h4-19,24,31H,20-23H2,1-3H3,(H,34,37)/t31-/m0/s1. The minimum Gasteiger partial charge on any atom is -0.352 e. The van der Waals surface area contributed by atoms with E-state index < -0.39 is 6.04 Å². The van der Waals surface area contributed by atoms with Crippen molar-refractivity contribution in [2.75, 3.05) is 0 Å². The Hall–Kier alpha value is -3.92. The molecule has 0 saturated carbocycles. The van der Waals surface area contributed by atoms with E-state index in [1.54, 1.807) is 4.90 Å². The lowest BCUT2D eigenvalue weighted by Crippen LogP contribution is -2.51. The van der Waals surface area contributed by atoms with Gasteiger partial charge in [-0.25, -0.2) is 0 Å². The molecule has 0 aliphatic rings. The van der Waals surface area contributed by atoms with Crippen molar-refractivity contribution in [2.24, 2.45) is 0 Å². The number of hydrogen-bond donors (Lipinski definition) is 1. The van der Waals surface area contributed by atoms with Crippen LogP contribution in [0.3, 0.4) is 0 Å². The van der Waals surface area contributed by atoms with Gasteiger partial charge in [-0.05, 0) is 60.2 Å². The number of fused-ring (bicyclic) bond motifs is 1. The first-order chi connectivity index (χ1) is 17.9. The largest absolute Gasteiger partial charge is 0.352 e. The predicted molar refractivity (Wildman–Crippen MR) is 151 cm³/mol. The smallest absolute Gasteiger partial charge is 0.243 e. The first kappa shape index (κ1) is 26.2. The van der Waals surface area contributed by atoms with Crippen molar-refractivity contribution in [3.05, 3.63) is 119 Å². The van der Waals surface area contributed by atoms with Crippen molar-refractivity contribution in [3.63, 3.8) is 0 Å². The van der Waals surface area contributed by atoms with Crippen LogP contribution < -0.4 is 5.32 Å². The van der Waals surface area contributed by atoms with E-state index in [9.17, 15) is 9.59 Å². The zero-order chi connectivity index (χ0) is 26.2. The topological polar surface area (TPSA) is 49.4 Å². The molecule has 4 heteroatoms. The van der Waals surface area contributed by atoms with Crippen molar-refractivity contribution in [1.82, 2.24) is 10.2 Å². The second-order valence-electron chi connectivity index (χ2n) is 9.96. The maximum atomic E-state index is 13.9. The summed E-state index contributed by atoms with van der Waals surface area (Å²) >= 11 is 0. The minimum absolute atomic E-state index is 0.0168. The normalized spacial score (nSPS) is 11.9. The fraction of sp³-hybridized carbons (Fsp3) is 0.273. The third kappa shape index (κ3) is 6.85. The lowest BCUT2D eigenvalue weighted by Gasteiger charge is -2.32. The van der Waals surface area contributed by atoms with Gasteiger partial charge in [0.05, 0.1) is 0 Å². The molecule has 37 heavy (non-hydrogen) atoms. The molecular weight excluding hydrogens is 456 g/mol. The number of aryl methyl sites for hydroxylation is 2. The summed E-state index contributed by atoms with van der Waals surface area (Å²) in [4.78, 5) is 29.2. The lowest BCUT2D eigenvalue weighted by atomic mass is 9.98. The second-order valence-corrected chi connectivity index (χ2v) is 9.96. The third-order valence-electron chi connectivity index (χ3n) is 6.79. The van der Waals surface area contributed by atoms with Gasteiger partial charge < -0.3 is 10.2 Å². The third-order valence-corrected chi connectivity index (χ3v) is 6.79. The van der Waals surface area contributed by atoms with Gasteiger partial charge in [-0.2, -0.15) is 0 Å². The Morgan fingerprint density at radius 3 is 2.19 bits per heavy atom. The van der Waals surface area contributed by atoms with Gasteiger partial charge >= 0.3 is 0 Å². The maximum Gasteiger partial charge on any atom is 0.243 e. The highest BCUT2D eigenvalue weighted by Crippen LogP contribution is 2.22. The summed E-state index contributed by atoms with van der Waals surface area (Å²) in [5.41, 5.74) is 4.34. The zero-order valence-corrected chi connectivity index (χ0v) is 22.0. The second kappa shape index (κ2) is 12.4. The molecule has 4 nitrogen and oxygen atoms in total. The molecule has 4 aromatic rings. The molecule has 190 valence electrons. The molecule has 0 aliphatic carbocycles. The van der Waals surface area contributed by atoms with Crippen LogP contribution in [0.25, 0.3) is 10.8 Å². The summed E-state index contributed by atoms with van der Waals surface area (Å²) in [7, 11) is 0. The van der Waals surface area contributed by atoms with Gasteiger partial charge in [0.1, 0.15) is 6.04 Å². The molecule has 0 aromatic heterocycles. The van der Waals surface area contributed by atoms with Crippen LogP contribution in [0.2, 0.25) is 0 Å². The molecule has 1 atom stereocenters. The number of hydrogen-bond acceptors (Lipinski definition) is 2. The molecule has 4 aromatic carbocycles. The number of nitrogens with one attached hydrogen (secondary N) is 1. The Balaban J connectivity index is 1.65. The molecule has 0 unspecified atom stereocenters. The van der Waals surface area contributed by atoms with Crippen molar-refractivity contribution >= 4 is 22.6 Å². The van der Waals surface area contributed by atoms with Gasteiger partial charge in [0.2, 0.25) is 11.8 Å². The van der Waals surface area contributed by atoms with Gasteiger partial charge in [0, 0.05) is 25.4 Å². The molecule has 0 saturated heterocycles. The summed E-state index contributed by atoms with van der Waals surface area (Å²) in [5, 5.41) is 5.40. The Morgan fingerprint density at radius 2 is 1.43 bits per heavy atom. The van der Waals surface area contributed by atoms with Gasteiger partial charge in [-0.3, -0.25) is 9.59 Å². The Labute approximate surface area is 220 Å². The van der Waals surface area contributed by atoms with E-state index >= 15 is 0 Å². The van der Waals surface area contributed by atoms with Crippen LogP contribution in [-0.4, -0.2) is 28.8 Å². The monoisotopic (exact) mass is 492 g/mol. The fourth-order valence-electron chi connectivity index (χ4n) is 4.80. The Morgan fingerprint density at radius 1 is 0.784 bits per heavy atom. The highest BCUT2D eigenvalue weighted by atomic mass is 16.2. The van der Waals surface area contributed by atoms with Crippen LogP contribution in [0.5, 0.6) is 0 Å². The van der Waals surface area contributed by atoms with E-state index in [4.69, 9.17) is 0 Å². The summed E-state index contributed by atoms with van der Waals surface area (Å²) in [6.45, 7) is 6.34. The van der Waals surface area contributed by atoms with E-state index in [1.807, 2.05) is 80.6 Å². The molecule has 1 N–H and O–H groups in total. The summed E-state index contributed by atoms with van der Waals surface area (Å²) in [6.07, 6.45) is 1.42. The lowest BCUT2D eigenvalue weighted by molar-refractivity contribution is -0.141. The molecule has 0 bridgehead atoms. The molecule has 0 aliphatic heterocycles. The zero-order valence-electron chi connectivity index (χ0n) is 22.0. The highest BCUT2D eigenvalue weighted by molar-refractivity contribution is 5.89. The minimum atomic E-state index is -0.607. The van der Waals surface area contributed by atoms with E-state index in [2.05, 4.69) is 42.6 Å². The van der Waals surface area contributed by atoms with Gasteiger partial charge in [0.25, 0.3) is 0 Å². The average molecular weight is 493 g/mol. The van der Waals surface area contributed by atoms with E-state index in [-0.39, 0.29) is 17.9 Å². The molecule has 0 heterocycles. The van der Waals surface area contributed by atoms with Crippen molar-refractivity contribution in [3.8, 4) is 0 Å². The molecular formula is C33H36N2O2. The number of carbonyl (C=O) groups is 2. The number of benzene rings is 4.